The first kappa shape index (κ1) is 18.9. The van der Waals surface area contributed by atoms with Gasteiger partial charge in [-0.3, -0.25) is 14.5 Å². The lowest BCUT2D eigenvalue weighted by Gasteiger charge is -2.47. The lowest BCUT2D eigenvalue weighted by molar-refractivity contribution is -0.119. The van der Waals surface area contributed by atoms with E-state index < -0.39 is 0 Å². The van der Waals surface area contributed by atoms with Gasteiger partial charge in [0.15, 0.2) is 0 Å². The minimum absolute atomic E-state index is 0.00314. The van der Waals surface area contributed by atoms with Crippen LogP contribution in [-0.4, -0.2) is 35.0 Å². The maximum absolute atomic E-state index is 13.9. The summed E-state index contributed by atoms with van der Waals surface area (Å²) < 4.78 is 15.8. The number of halogens is 1. The fourth-order valence-corrected chi connectivity index (χ4v) is 4.77. The van der Waals surface area contributed by atoms with Crippen LogP contribution in [0.2, 0.25) is 0 Å². The molecule has 3 heterocycles. The quantitative estimate of drug-likeness (QED) is 0.883. The van der Waals surface area contributed by atoms with Gasteiger partial charge < -0.3 is 9.88 Å². The number of hydrogen-bond donors (Lipinski definition) is 1. The summed E-state index contributed by atoms with van der Waals surface area (Å²) in [4.78, 5) is 26.4. The lowest BCUT2D eigenvalue weighted by atomic mass is 9.78. The molecule has 148 valence electrons. The zero-order valence-electron chi connectivity index (χ0n) is 16.3. The van der Waals surface area contributed by atoms with E-state index in [1.54, 1.807) is 19.1 Å². The third kappa shape index (κ3) is 3.61. The van der Waals surface area contributed by atoms with E-state index in [0.29, 0.717) is 18.7 Å². The van der Waals surface area contributed by atoms with Gasteiger partial charge in [-0.1, -0.05) is 18.2 Å². The smallest absolute Gasteiger partial charge is 0.251 e. The normalized spacial score (nSPS) is 23.9. The number of pyridine rings is 1. The molecule has 0 saturated carbocycles. The highest BCUT2D eigenvalue weighted by Crippen LogP contribution is 2.41. The predicted octanol–water partition coefficient (Wildman–Crippen LogP) is 2.59. The average molecular weight is 383 g/mol. The molecule has 1 aromatic heterocycles. The summed E-state index contributed by atoms with van der Waals surface area (Å²) in [6.07, 6.45) is 1.01. The molecular weight excluding hydrogens is 357 g/mol. The molecule has 1 saturated heterocycles. The second-order valence-electron chi connectivity index (χ2n) is 8.13. The van der Waals surface area contributed by atoms with E-state index in [1.165, 1.54) is 6.92 Å². The van der Waals surface area contributed by atoms with Crippen LogP contribution in [0, 0.1) is 18.7 Å². The van der Waals surface area contributed by atoms with Crippen molar-refractivity contribution in [3.8, 4) is 0 Å². The minimum Gasteiger partial charge on any atom is -0.354 e. The Hall–Kier alpha value is -2.47. The second-order valence-corrected chi connectivity index (χ2v) is 8.13. The number of carbonyl (C=O) groups excluding carboxylic acids is 1. The summed E-state index contributed by atoms with van der Waals surface area (Å²) >= 11 is 0. The molecule has 0 aliphatic carbocycles. The Morgan fingerprint density at radius 3 is 2.82 bits per heavy atom. The highest BCUT2D eigenvalue weighted by Gasteiger charge is 2.40. The number of nitrogens with zero attached hydrogens (tertiary/aromatic N) is 2. The van der Waals surface area contributed by atoms with Crippen LogP contribution in [0.4, 0.5) is 4.39 Å². The highest BCUT2D eigenvalue weighted by atomic mass is 19.1. The molecule has 6 heteroatoms. The third-order valence-electron chi connectivity index (χ3n) is 6.08. The van der Waals surface area contributed by atoms with Crippen LogP contribution in [0.3, 0.4) is 0 Å². The van der Waals surface area contributed by atoms with E-state index in [0.717, 1.165) is 30.8 Å². The Bertz CT molecular complexity index is 955. The van der Waals surface area contributed by atoms with E-state index >= 15 is 0 Å². The van der Waals surface area contributed by atoms with Gasteiger partial charge in [0.25, 0.3) is 5.56 Å². The number of aryl methyl sites for hydroxylation is 1. The molecule has 1 amide bonds. The molecule has 2 aliphatic rings. The zero-order chi connectivity index (χ0) is 19.8. The summed E-state index contributed by atoms with van der Waals surface area (Å²) in [5.41, 5.74) is 2.66. The molecule has 4 rings (SSSR count). The number of piperidine rings is 1. The minimum atomic E-state index is -0.171. The van der Waals surface area contributed by atoms with E-state index in [9.17, 15) is 14.0 Å². The molecule has 2 aliphatic heterocycles. The van der Waals surface area contributed by atoms with Gasteiger partial charge in [-0.25, -0.2) is 4.39 Å². The van der Waals surface area contributed by atoms with Crippen LogP contribution in [-0.2, 0) is 11.3 Å². The zero-order valence-corrected chi connectivity index (χ0v) is 16.3. The summed E-state index contributed by atoms with van der Waals surface area (Å²) in [5.74, 6) is 0.288. The standard InChI is InChI=1S/C22H26FN3O2/c1-14-6-7-16(8-19(14)23)11-25-12-17-9-18(13-25)21(10-24-15(2)27)26-20(17)4-3-5-22(26)28/h3-8,17-18,21H,9-13H2,1-2H3,(H,24,27)/t17-,18+,21+/m1/s1. The molecule has 28 heavy (non-hydrogen) atoms. The fourth-order valence-electron chi connectivity index (χ4n) is 4.77. The third-order valence-corrected chi connectivity index (χ3v) is 6.08. The summed E-state index contributed by atoms with van der Waals surface area (Å²) in [6, 6.07) is 10.8. The van der Waals surface area contributed by atoms with Crippen LogP contribution in [0.15, 0.2) is 41.2 Å². The van der Waals surface area contributed by atoms with Gasteiger partial charge in [0.05, 0.1) is 6.04 Å². The molecule has 0 radical (unpaired) electrons. The average Bonchev–Trinajstić information content (AvgIpc) is 2.65. The molecule has 0 spiro atoms. The first-order chi connectivity index (χ1) is 13.4. The number of fused-ring (bicyclic) bond motifs is 4. The number of benzene rings is 1. The van der Waals surface area contributed by atoms with Crippen molar-refractivity contribution < 1.29 is 9.18 Å². The van der Waals surface area contributed by atoms with Crippen LogP contribution in [0.1, 0.15) is 42.1 Å². The predicted molar refractivity (Wildman–Crippen MR) is 106 cm³/mol. The highest BCUT2D eigenvalue weighted by molar-refractivity contribution is 5.72. The van der Waals surface area contributed by atoms with Gasteiger partial charge in [-0.05, 0) is 42.5 Å². The van der Waals surface area contributed by atoms with Gasteiger partial charge in [-0.2, -0.15) is 0 Å². The van der Waals surface area contributed by atoms with Crippen molar-refractivity contribution in [1.29, 1.82) is 0 Å². The summed E-state index contributed by atoms with van der Waals surface area (Å²) in [6.45, 7) is 6.09. The number of rotatable bonds is 4. The van der Waals surface area contributed by atoms with Crippen molar-refractivity contribution in [3.05, 3.63) is 69.4 Å². The Balaban J connectivity index is 1.61. The maximum atomic E-state index is 13.9. The number of carbonyl (C=O) groups is 1. The summed E-state index contributed by atoms with van der Waals surface area (Å²) in [5, 5.41) is 2.90. The molecule has 5 nitrogen and oxygen atoms in total. The van der Waals surface area contributed by atoms with Gasteiger partial charge in [0.2, 0.25) is 5.91 Å². The first-order valence-corrected chi connectivity index (χ1v) is 9.85. The van der Waals surface area contributed by atoms with Crippen molar-refractivity contribution in [3.63, 3.8) is 0 Å². The molecule has 1 N–H and O–H groups in total. The van der Waals surface area contributed by atoms with Crippen molar-refractivity contribution in [2.75, 3.05) is 19.6 Å². The Kier molecular flexibility index (Phi) is 5.06. The van der Waals surface area contributed by atoms with E-state index in [4.69, 9.17) is 0 Å². The fraction of sp³-hybridized carbons (Fsp3) is 0.455. The Morgan fingerprint density at radius 1 is 1.25 bits per heavy atom. The van der Waals surface area contributed by atoms with Crippen molar-refractivity contribution in [2.45, 2.75) is 38.8 Å². The molecule has 2 aromatic rings. The van der Waals surface area contributed by atoms with E-state index in [1.807, 2.05) is 28.8 Å². The van der Waals surface area contributed by atoms with Crippen LogP contribution in [0.25, 0.3) is 0 Å². The van der Waals surface area contributed by atoms with Crippen LogP contribution < -0.4 is 10.9 Å². The summed E-state index contributed by atoms with van der Waals surface area (Å²) in [7, 11) is 0. The maximum Gasteiger partial charge on any atom is 0.251 e. The molecule has 1 fully saturated rings. The van der Waals surface area contributed by atoms with Crippen LogP contribution >= 0.6 is 0 Å². The molecular formula is C22H26FN3O2. The number of hydrogen-bond acceptors (Lipinski definition) is 3. The largest absolute Gasteiger partial charge is 0.354 e. The van der Waals surface area contributed by atoms with Crippen molar-refractivity contribution in [2.24, 2.45) is 5.92 Å². The number of amides is 1. The number of nitrogens with one attached hydrogen (secondary N) is 1. The van der Waals surface area contributed by atoms with Crippen molar-refractivity contribution in [1.82, 2.24) is 14.8 Å². The number of aromatic nitrogens is 1. The Labute approximate surface area is 164 Å². The molecule has 3 atom stereocenters. The molecule has 2 bridgehead atoms. The SMILES string of the molecule is CC(=O)NC[C@H]1[C@H]2C[C@H](CN(Cc3ccc(C)c(F)c3)C2)c2cccc(=O)n21. The van der Waals surface area contributed by atoms with Gasteiger partial charge in [-0.15, -0.1) is 0 Å². The van der Waals surface area contributed by atoms with Gasteiger partial charge >= 0.3 is 0 Å². The lowest BCUT2D eigenvalue weighted by Crippen LogP contribution is -2.51. The molecule has 0 unspecified atom stereocenters. The van der Waals surface area contributed by atoms with E-state index in [-0.39, 0.29) is 35.2 Å². The van der Waals surface area contributed by atoms with Gasteiger partial charge in [0, 0.05) is 50.8 Å². The molecule has 1 aromatic carbocycles. The Morgan fingerprint density at radius 2 is 2.07 bits per heavy atom. The monoisotopic (exact) mass is 383 g/mol. The van der Waals surface area contributed by atoms with Gasteiger partial charge in [0.1, 0.15) is 5.82 Å². The topological polar surface area (TPSA) is 54.3 Å². The number of likely N-dealkylation sites (tertiary alicyclic amines) is 1. The van der Waals surface area contributed by atoms with Crippen molar-refractivity contribution >= 4 is 5.91 Å². The van der Waals surface area contributed by atoms with Crippen LogP contribution in [0.5, 0.6) is 0 Å². The van der Waals surface area contributed by atoms with E-state index in [2.05, 4.69) is 10.2 Å². The first-order valence-electron chi connectivity index (χ1n) is 9.85. The second kappa shape index (κ2) is 7.51.